The number of carbonyl (C=O) groups is 3. The Morgan fingerprint density at radius 1 is 0.878 bits per heavy atom. The number of benzene rings is 1. The summed E-state index contributed by atoms with van der Waals surface area (Å²) in [5.41, 5.74) is 7.03. The minimum atomic E-state index is -0.626. The molecule has 41 heavy (non-hydrogen) atoms. The number of nitrogens with zero attached hydrogens (tertiary/aromatic N) is 2. The van der Waals surface area contributed by atoms with E-state index in [1.165, 1.54) is 28.2 Å². The maximum atomic E-state index is 13.8. The highest BCUT2D eigenvalue weighted by Crippen LogP contribution is 2.29. The molecule has 1 aliphatic heterocycles. The molecule has 5 rings (SSSR count). The fourth-order valence-corrected chi connectivity index (χ4v) is 7.54. The Labute approximate surface area is 250 Å². The van der Waals surface area contributed by atoms with Crippen LogP contribution < -0.4 is 11.1 Å². The van der Waals surface area contributed by atoms with E-state index in [4.69, 9.17) is 5.73 Å². The molecule has 7 nitrogen and oxygen atoms in total. The van der Waals surface area contributed by atoms with Crippen molar-refractivity contribution in [2.24, 2.45) is 17.6 Å². The second kappa shape index (κ2) is 14.2. The normalized spacial score (nSPS) is 22.7. The Kier molecular flexibility index (Phi) is 10.2. The van der Waals surface area contributed by atoms with Gasteiger partial charge in [0.2, 0.25) is 5.91 Å². The largest absolute Gasteiger partial charge is 0.354 e. The topological polar surface area (TPSA) is 95.7 Å². The number of nitrogens with one attached hydrogen (secondary N) is 1. The van der Waals surface area contributed by atoms with Crippen molar-refractivity contribution in [3.8, 4) is 0 Å². The first-order valence-corrected chi connectivity index (χ1v) is 16.5. The molecule has 2 atom stereocenters. The summed E-state index contributed by atoms with van der Waals surface area (Å²) in [5.74, 6) is 0.789. The Balaban J connectivity index is 1.33. The van der Waals surface area contributed by atoms with Crippen LogP contribution in [0.2, 0.25) is 0 Å². The zero-order valence-corrected chi connectivity index (χ0v) is 25.1. The van der Waals surface area contributed by atoms with Crippen LogP contribution in [0.3, 0.4) is 0 Å². The van der Waals surface area contributed by atoms with Gasteiger partial charge in [-0.05, 0) is 91.8 Å². The summed E-state index contributed by atoms with van der Waals surface area (Å²) in [5, 5.41) is 7.00. The minimum Gasteiger partial charge on any atom is -0.354 e. The first-order chi connectivity index (χ1) is 20.0. The summed E-state index contributed by atoms with van der Waals surface area (Å²) in [6.07, 6.45) is 6.13. The smallest absolute Gasteiger partial charge is 0.264 e. The Bertz CT molecular complexity index is 1260. The van der Waals surface area contributed by atoms with Gasteiger partial charge in [0.15, 0.2) is 0 Å². The van der Waals surface area contributed by atoms with Crippen molar-refractivity contribution in [2.75, 3.05) is 26.2 Å². The average molecular weight is 593 g/mol. The molecule has 1 saturated carbocycles. The van der Waals surface area contributed by atoms with Crippen molar-refractivity contribution in [1.82, 2.24) is 15.1 Å². The van der Waals surface area contributed by atoms with Crippen LogP contribution >= 0.6 is 22.7 Å². The summed E-state index contributed by atoms with van der Waals surface area (Å²) in [7, 11) is 0. The summed E-state index contributed by atoms with van der Waals surface area (Å²) in [6.45, 7) is 2.33. The van der Waals surface area contributed by atoms with Crippen molar-refractivity contribution in [3.05, 3.63) is 80.7 Å². The molecule has 0 bridgehead atoms. The van der Waals surface area contributed by atoms with Crippen LogP contribution in [0.4, 0.5) is 0 Å². The van der Waals surface area contributed by atoms with E-state index in [0.717, 1.165) is 38.6 Å². The predicted octanol–water partition coefficient (Wildman–Crippen LogP) is 5.05. The van der Waals surface area contributed by atoms with Crippen molar-refractivity contribution in [3.63, 3.8) is 0 Å². The number of amides is 3. The standard InChI is InChI=1S/C32H40N4O3S2/c33-21-24-10-12-25(13-11-24)22-34-30(37)27-20-26(15-17-36(27)32(39)29-9-5-19-41-29)35(31(38)28-8-4-18-40-28)16-14-23-6-2-1-3-7-23/h1-9,18-19,24-27H,10-17,20-22,33H2,(H,34,37)/t24?,25?,26?,27-/m1/s1. The lowest BCUT2D eigenvalue weighted by Gasteiger charge is -2.43. The number of hydrogen-bond donors (Lipinski definition) is 2. The lowest BCUT2D eigenvalue weighted by atomic mass is 9.82. The van der Waals surface area contributed by atoms with E-state index in [2.05, 4.69) is 17.4 Å². The van der Waals surface area contributed by atoms with Crippen molar-refractivity contribution < 1.29 is 14.4 Å². The zero-order valence-electron chi connectivity index (χ0n) is 23.5. The molecular weight excluding hydrogens is 553 g/mol. The highest BCUT2D eigenvalue weighted by Gasteiger charge is 2.40. The summed E-state index contributed by atoms with van der Waals surface area (Å²) in [6, 6.07) is 16.8. The number of carbonyl (C=O) groups excluding carboxylic acids is 3. The average Bonchev–Trinajstić information content (AvgIpc) is 3.76. The number of nitrogens with two attached hydrogens (primary N) is 1. The van der Waals surface area contributed by atoms with E-state index in [-0.39, 0.29) is 23.8 Å². The van der Waals surface area contributed by atoms with Gasteiger partial charge in [0, 0.05) is 25.7 Å². The Hall–Kier alpha value is -3.01. The number of likely N-dealkylation sites (tertiary alicyclic amines) is 1. The van der Waals surface area contributed by atoms with Crippen molar-refractivity contribution in [1.29, 1.82) is 0 Å². The van der Waals surface area contributed by atoms with Gasteiger partial charge in [-0.1, -0.05) is 42.5 Å². The van der Waals surface area contributed by atoms with Gasteiger partial charge in [-0.25, -0.2) is 0 Å². The van der Waals surface area contributed by atoms with E-state index in [1.54, 1.807) is 4.90 Å². The predicted molar refractivity (Wildman–Crippen MR) is 165 cm³/mol. The van der Waals surface area contributed by atoms with Gasteiger partial charge in [-0.3, -0.25) is 14.4 Å². The molecule has 1 unspecified atom stereocenters. The number of thiophene rings is 2. The fourth-order valence-electron chi connectivity index (χ4n) is 6.18. The highest BCUT2D eigenvalue weighted by molar-refractivity contribution is 7.12. The van der Waals surface area contributed by atoms with Gasteiger partial charge in [-0.15, -0.1) is 22.7 Å². The molecule has 0 spiro atoms. The van der Waals surface area contributed by atoms with E-state index >= 15 is 0 Å². The van der Waals surface area contributed by atoms with Crippen LogP contribution in [0.5, 0.6) is 0 Å². The van der Waals surface area contributed by atoms with Crippen LogP contribution in [0.1, 0.15) is 63.4 Å². The molecule has 3 aromatic rings. The second-order valence-corrected chi connectivity index (χ2v) is 13.1. The quantitative estimate of drug-likeness (QED) is 0.345. The molecule has 1 aliphatic carbocycles. The minimum absolute atomic E-state index is 0.00483. The molecule has 0 radical (unpaired) electrons. The van der Waals surface area contributed by atoms with Gasteiger partial charge in [-0.2, -0.15) is 0 Å². The third-order valence-corrected chi connectivity index (χ3v) is 10.4. The summed E-state index contributed by atoms with van der Waals surface area (Å²) in [4.78, 5) is 46.0. The van der Waals surface area contributed by atoms with Crippen molar-refractivity contribution >= 4 is 40.4 Å². The number of piperidine rings is 1. The molecule has 2 aromatic heterocycles. The Morgan fingerprint density at radius 2 is 1.56 bits per heavy atom. The SMILES string of the molecule is NCC1CCC(CNC(=O)[C@H]2CC(N(CCc3ccccc3)C(=O)c3cccs3)CCN2C(=O)c2cccs2)CC1. The number of rotatable bonds is 10. The molecule has 1 aromatic carbocycles. The van der Waals surface area contributed by atoms with Crippen LogP contribution in [0, 0.1) is 11.8 Å². The maximum absolute atomic E-state index is 13.8. The zero-order chi connectivity index (χ0) is 28.6. The Morgan fingerprint density at radius 3 is 2.22 bits per heavy atom. The summed E-state index contributed by atoms with van der Waals surface area (Å²) >= 11 is 2.84. The monoisotopic (exact) mass is 592 g/mol. The fraction of sp³-hybridized carbons (Fsp3) is 0.469. The van der Waals surface area contributed by atoms with E-state index in [0.29, 0.717) is 54.1 Å². The second-order valence-electron chi connectivity index (χ2n) is 11.2. The third kappa shape index (κ3) is 7.45. The molecule has 3 heterocycles. The maximum Gasteiger partial charge on any atom is 0.264 e. The van der Waals surface area contributed by atoms with Crippen LogP contribution in [-0.4, -0.2) is 65.8 Å². The molecule has 1 saturated heterocycles. The van der Waals surface area contributed by atoms with Crippen LogP contribution in [0.25, 0.3) is 0 Å². The van der Waals surface area contributed by atoms with Crippen LogP contribution in [0.15, 0.2) is 65.4 Å². The third-order valence-electron chi connectivity index (χ3n) is 8.65. The van der Waals surface area contributed by atoms with E-state index in [9.17, 15) is 14.4 Å². The molecule has 3 N–H and O–H groups in total. The molecule has 218 valence electrons. The lowest BCUT2D eigenvalue weighted by Crippen LogP contribution is -2.58. The highest BCUT2D eigenvalue weighted by atomic mass is 32.1. The van der Waals surface area contributed by atoms with E-state index < -0.39 is 6.04 Å². The van der Waals surface area contributed by atoms with Gasteiger partial charge in [0.05, 0.1) is 9.75 Å². The molecule has 3 amide bonds. The number of hydrogen-bond acceptors (Lipinski definition) is 6. The van der Waals surface area contributed by atoms with Gasteiger partial charge >= 0.3 is 0 Å². The first-order valence-electron chi connectivity index (χ1n) is 14.7. The molecular formula is C32H40N4O3S2. The van der Waals surface area contributed by atoms with Crippen LogP contribution in [-0.2, 0) is 11.2 Å². The van der Waals surface area contributed by atoms with E-state index in [1.807, 2.05) is 58.1 Å². The molecule has 2 aliphatic rings. The van der Waals surface area contributed by atoms with Gasteiger partial charge < -0.3 is 20.9 Å². The van der Waals surface area contributed by atoms with Crippen molar-refractivity contribution in [2.45, 2.75) is 57.0 Å². The van der Waals surface area contributed by atoms with Gasteiger partial charge in [0.25, 0.3) is 11.8 Å². The first kappa shape index (κ1) is 29.5. The molecule has 2 fully saturated rings. The molecule has 9 heteroatoms. The lowest BCUT2D eigenvalue weighted by molar-refractivity contribution is -0.127. The summed E-state index contributed by atoms with van der Waals surface area (Å²) < 4.78 is 0. The van der Waals surface area contributed by atoms with Gasteiger partial charge in [0.1, 0.15) is 6.04 Å².